The fourth-order valence-corrected chi connectivity index (χ4v) is 1.73. The molecule has 0 aromatic carbocycles. The van der Waals surface area contributed by atoms with E-state index in [1.165, 1.54) is 4.90 Å². The third-order valence-electron chi connectivity index (χ3n) is 2.78. The molecule has 0 aromatic rings. The van der Waals surface area contributed by atoms with Crippen molar-refractivity contribution in [1.82, 2.24) is 10.2 Å². The lowest BCUT2D eigenvalue weighted by atomic mass is 10.1. The second-order valence-electron chi connectivity index (χ2n) is 4.11. The zero-order valence-electron chi connectivity index (χ0n) is 10.6. The highest BCUT2D eigenvalue weighted by Crippen LogP contribution is 2.15. The van der Waals surface area contributed by atoms with E-state index in [9.17, 15) is 9.59 Å². The molecule has 0 radical (unpaired) electrons. The van der Waals surface area contributed by atoms with Gasteiger partial charge in [0, 0.05) is 26.7 Å². The fourth-order valence-electron chi connectivity index (χ4n) is 1.73. The number of hydrogen-bond acceptors (Lipinski definition) is 4. The van der Waals surface area contributed by atoms with Crippen molar-refractivity contribution in [2.45, 2.75) is 6.42 Å². The Bertz CT molecular complexity index is 285. The standard InChI is InChI=1S/C11H20N2O5/c1-17-6-7-18-5-3-12-11(16)13-4-2-9(8-13)10(14)15/h9H,2-8H2,1H3,(H,12,16)(H,14,15). The van der Waals surface area contributed by atoms with Crippen LogP contribution in [-0.2, 0) is 14.3 Å². The van der Waals surface area contributed by atoms with Crippen LogP contribution >= 0.6 is 0 Å². The number of likely N-dealkylation sites (tertiary alicyclic amines) is 1. The van der Waals surface area contributed by atoms with Crippen LogP contribution < -0.4 is 5.32 Å². The first-order valence-electron chi connectivity index (χ1n) is 5.97. The summed E-state index contributed by atoms with van der Waals surface area (Å²) in [5.74, 6) is -1.28. The van der Waals surface area contributed by atoms with E-state index < -0.39 is 11.9 Å². The maximum absolute atomic E-state index is 11.6. The van der Waals surface area contributed by atoms with E-state index in [-0.39, 0.29) is 12.6 Å². The summed E-state index contributed by atoms with van der Waals surface area (Å²) in [7, 11) is 1.59. The summed E-state index contributed by atoms with van der Waals surface area (Å²) >= 11 is 0. The van der Waals surface area contributed by atoms with Gasteiger partial charge in [-0.05, 0) is 6.42 Å². The molecule has 1 fully saturated rings. The number of carbonyl (C=O) groups excluding carboxylic acids is 1. The van der Waals surface area contributed by atoms with Crippen molar-refractivity contribution in [3.05, 3.63) is 0 Å². The number of methoxy groups -OCH3 is 1. The number of nitrogens with one attached hydrogen (secondary N) is 1. The molecule has 1 aliphatic heterocycles. The molecule has 1 rings (SSSR count). The van der Waals surface area contributed by atoms with Gasteiger partial charge >= 0.3 is 12.0 Å². The summed E-state index contributed by atoms with van der Waals surface area (Å²) < 4.78 is 10.0. The first kappa shape index (κ1) is 14.7. The zero-order valence-corrected chi connectivity index (χ0v) is 10.6. The number of nitrogens with zero attached hydrogens (tertiary/aromatic N) is 1. The average molecular weight is 260 g/mol. The second-order valence-corrected chi connectivity index (χ2v) is 4.11. The first-order valence-corrected chi connectivity index (χ1v) is 5.97. The van der Waals surface area contributed by atoms with Gasteiger partial charge in [0.2, 0.25) is 0 Å². The molecule has 1 saturated heterocycles. The molecule has 0 spiro atoms. The lowest BCUT2D eigenvalue weighted by Crippen LogP contribution is -2.40. The van der Waals surface area contributed by atoms with Crippen LogP contribution in [0.1, 0.15) is 6.42 Å². The highest BCUT2D eigenvalue weighted by atomic mass is 16.5. The van der Waals surface area contributed by atoms with Gasteiger partial charge in [-0.1, -0.05) is 0 Å². The largest absolute Gasteiger partial charge is 0.481 e. The number of carboxylic acid groups (broad SMARTS) is 1. The van der Waals surface area contributed by atoms with E-state index in [0.29, 0.717) is 39.3 Å². The van der Waals surface area contributed by atoms with E-state index >= 15 is 0 Å². The monoisotopic (exact) mass is 260 g/mol. The molecule has 1 unspecified atom stereocenters. The van der Waals surface area contributed by atoms with Gasteiger partial charge in [0.1, 0.15) is 0 Å². The van der Waals surface area contributed by atoms with Crippen molar-refractivity contribution in [3.63, 3.8) is 0 Å². The molecule has 18 heavy (non-hydrogen) atoms. The number of amides is 2. The third-order valence-corrected chi connectivity index (χ3v) is 2.78. The van der Waals surface area contributed by atoms with Crippen LogP contribution in [-0.4, -0.2) is 68.6 Å². The zero-order chi connectivity index (χ0) is 13.4. The van der Waals surface area contributed by atoms with Gasteiger partial charge in [0.05, 0.1) is 25.7 Å². The fraction of sp³-hybridized carbons (Fsp3) is 0.818. The van der Waals surface area contributed by atoms with Crippen LogP contribution in [0.4, 0.5) is 4.79 Å². The van der Waals surface area contributed by atoms with Gasteiger partial charge in [-0.2, -0.15) is 0 Å². The smallest absolute Gasteiger partial charge is 0.317 e. The molecular formula is C11H20N2O5. The number of ether oxygens (including phenoxy) is 2. The Morgan fingerprint density at radius 2 is 2.17 bits per heavy atom. The van der Waals surface area contributed by atoms with E-state index in [2.05, 4.69) is 5.32 Å². The summed E-state index contributed by atoms with van der Waals surface area (Å²) in [6.07, 6.45) is 0.521. The molecule has 104 valence electrons. The van der Waals surface area contributed by atoms with Gasteiger partial charge in [0.25, 0.3) is 0 Å². The molecule has 0 aliphatic carbocycles. The number of urea groups is 1. The van der Waals surface area contributed by atoms with E-state index in [0.717, 1.165) is 0 Å². The van der Waals surface area contributed by atoms with Crippen molar-refractivity contribution in [2.75, 3.05) is 46.6 Å². The summed E-state index contributed by atoms with van der Waals surface area (Å²) in [4.78, 5) is 23.9. The lowest BCUT2D eigenvalue weighted by Gasteiger charge is -2.16. The van der Waals surface area contributed by atoms with Gasteiger partial charge in [-0.25, -0.2) is 4.79 Å². The Kier molecular flexibility index (Phi) is 6.45. The van der Waals surface area contributed by atoms with Gasteiger partial charge in [-0.15, -0.1) is 0 Å². The van der Waals surface area contributed by atoms with Gasteiger partial charge in [0.15, 0.2) is 0 Å². The topological polar surface area (TPSA) is 88.1 Å². The molecule has 7 nitrogen and oxygen atoms in total. The minimum atomic E-state index is -0.840. The second kappa shape index (κ2) is 7.88. The highest BCUT2D eigenvalue weighted by molar-refractivity contribution is 5.77. The Balaban J connectivity index is 2.09. The molecule has 0 saturated carbocycles. The molecule has 1 heterocycles. The predicted octanol–water partition coefficient (Wildman–Crippen LogP) is -0.234. The Morgan fingerprint density at radius 3 is 2.78 bits per heavy atom. The minimum absolute atomic E-state index is 0.228. The van der Waals surface area contributed by atoms with E-state index in [4.69, 9.17) is 14.6 Å². The Labute approximate surface area is 106 Å². The summed E-state index contributed by atoms with van der Waals surface area (Å²) in [5, 5.41) is 11.5. The highest BCUT2D eigenvalue weighted by Gasteiger charge is 2.30. The van der Waals surface area contributed by atoms with Crippen LogP contribution in [0.2, 0.25) is 0 Å². The maximum atomic E-state index is 11.6. The molecule has 0 bridgehead atoms. The summed E-state index contributed by atoms with van der Waals surface area (Å²) in [5.41, 5.74) is 0. The van der Waals surface area contributed by atoms with Gasteiger partial charge in [-0.3, -0.25) is 4.79 Å². The van der Waals surface area contributed by atoms with Crippen molar-refractivity contribution >= 4 is 12.0 Å². The normalized spacial score (nSPS) is 18.9. The van der Waals surface area contributed by atoms with Crippen molar-refractivity contribution in [2.24, 2.45) is 5.92 Å². The molecule has 7 heteroatoms. The lowest BCUT2D eigenvalue weighted by molar-refractivity contribution is -0.141. The number of aliphatic carboxylic acids is 1. The van der Waals surface area contributed by atoms with Crippen LogP contribution in [0.25, 0.3) is 0 Å². The van der Waals surface area contributed by atoms with Crippen LogP contribution in [0.5, 0.6) is 0 Å². The third kappa shape index (κ3) is 4.89. The van der Waals surface area contributed by atoms with Crippen molar-refractivity contribution < 1.29 is 24.2 Å². The van der Waals surface area contributed by atoms with E-state index in [1.807, 2.05) is 0 Å². The van der Waals surface area contributed by atoms with Crippen LogP contribution in [0, 0.1) is 5.92 Å². The van der Waals surface area contributed by atoms with Gasteiger partial charge < -0.3 is 24.8 Å². The average Bonchev–Trinajstić information content (AvgIpc) is 2.83. The predicted molar refractivity (Wildman–Crippen MR) is 63.4 cm³/mol. The molecule has 0 aromatic heterocycles. The molecule has 1 atom stereocenters. The summed E-state index contributed by atoms with van der Waals surface area (Å²) in [6.45, 7) is 2.64. The van der Waals surface area contributed by atoms with Crippen LogP contribution in [0.3, 0.4) is 0 Å². The SMILES string of the molecule is COCCOCCNC(=O)N1CCC(C(=O)O)C1. The van der Waals surface area contributed by atoms with Crippen molar-refractivity contribution in [3.8, 4) is 0 Å². The Morgan fingerprint density at radius 1 is 1.39 bits per heavy atom. The number of carbonyl (C=O) groups is 2. The number of rotatable bonds is 7. The minimum Gasteiger partial charge on any atom is -0.481 e. The number of carboxylic acids is 1. The molecule has 2 amide bonds. The summed E-state index contributed by atoms with van der Waals surface area (Å²) in [6, 6.07) is -0.228. The van der Waals surface area contributed by atoms with Crippen LogP contribution in [0.15, 0.2) is 0 Å². The molecular weight excluding hydrogens is 240 g/mol. The van der Waals surface area contributed by atoms with Crippen molar-refractivity contribution in [1.29, 1.82) is 0 Å². The first-order chi connectivity index (χ1) is 8.65. The Hall–Kier alpha value is -1.34. The number of hydrogen-bond donors (Lipinski definition) is 2. The molecule has 2 N–H and O–H groups in total. The molecule has 1 aliphatic rings. The quantitative estimate of drug-likeness (QED) is 0.617. The maximum Gasteiger partial charge on any atom is 0.317 e. The van der Waals surface area contributed by atoms with E-state index in [1.54, 1.807) is 7.11 Å².